The van der Waals surface area contributed by atoms with Crippen LogP contribution in [0, 0.1) is 6.92 Å². The van der Waals surface area contributed by atoms with Crippen molar-refractivity contribution in [2.45, 2.75) is 20.0 Å². The minimum absolute atomic E-state index is 0. The van der Waals surface area contributed by atoms with Crippen LogP contribution in [-0.4, -0.2) is 0 Å². The van der Waals surface area contributed by atoms with Gasteiger partial charge in [-0.1, -0.05) is 22.0 Å². The molecular weight excluding hydrogens is 237 g/mol. The van der Waals surface area contributed by atoms with Gasteiger partial charge in [0, 0.05) is 17.6 Å². The zero-order valence-electron chi connectivity index (χ0n) is 6.86. The van der Waals surface area contributed by atoms with Crippen LogP contribution in [0.1, 0.15) is 16.7 Å². The van der Waals surface area contributed by atoms with Crippen molar-refractivity contribution in [3.63, 3.8) is 0 Å². The molecule has 12 heavy (non-hydrogen) atoms. The summed E-state index contributed by atoms with van der Waals surface area (Å²) in [6.07, 6.45) is 0. The van der Waals surface area contributed by atoms with Crippen molar-refractivity contribution in [1.29, 1.82) is 0 Å². The lowest BCUT2D eigenvalue weighted by atomic mass is 10.1. The maximum absolute atomic E-state index is 3.52. The molecule has 0 radical (unpaired) electrons. The molecule has 0 amide bonds. The first-order chi connectivity index (χ1) is 5.27. The summed E-state index contributed by atoms with van der Waals surface area (Å²) in [4.78, 5) is 0. The van der Waals surface area contributed by atoms with Gasteiger partial charge in [-0.25, -0.2) is 0 Å². The van der Waals surface area contributed by atoms with Gasteiger partial charge in [-0.15, -0.1) is 12.4 Å². The summed E-state index contributed by atoms with van der Waals surface area (Å²) in [7, 11) is 0. The summed E-state index contributed by atoms with van der Waals surface area (Å²) in [5.74, 6) is 0. The van der Waals surface area contributed by atoms with Gasteiger partial charge in [0.1, 0.15) is 0 Å². The fraction of sp³-hybridized carbons (Fsp3) is 0.333. The van der Waals surface area contributed by atoms with Crippen LogP contribution in [0.3, 0.4) is 0 Å². The third kappa shape index (κ3) is 1.65. The first-order valence-corrected chi connectivity index (χ1v) is 4.55. The fourth-order valence-corrected chi connectivity index (χ4v) is 1.83. The molecule has 1 aliphatic rings. The van der Waals surface area contributed by atoms with E-state index in [9.17, 15) is 0 Å². The molecule has 0 bridgehead atoms. The van der Waals surface area contributed by atoms with Crippen LogP contribution in [0.2, 0.25) is 0 Å². The molecule has 0 saturated heterocycles. The van der Waals surface area contributed by atoms with E-state index in [1.807, 2.05) is 0 Å². The number of fused-ring (bicyclic) bond motifs is 1. The van der Waals surface area contributed by atoms with Gasteiger partial charge in [0.25, 0.3) is 0 Å². The second kappa shape index (κ2) is 3.77. The minimum Gasteiger partial charge on any atom is -0.309 e. The molecule has 0 unspecified atom stereocenters. The number of hydrogen-bond acceptors (Lipinski definition) is 1. The number of aryl methyl sites for hydroxylation is 1. The first-order valence-electron chi connectivity index (χ1n) is 3.76. The smallest absolute Gasteiger partial charge is 0.0212 e. The third-order valence-corrected chi connectivity index (χ3v) is 2.97. The molecule has 1 aromatic rings. The van der Waals surface area contributed by atoms with Crippen LogP contribution >= 0.6 is 28.3 Å². The van der Waals surface area contributed by atoms with Crippen molar-refractivity contribution < 1.29 is 0 Å². The van der Waals surface area contributed by atoms with Crippen LogP contribution in [0.4, 0.5) is 0 Å². The van der Waals surface area contributed by atoms with Crippen LogP contribution < -0.4 is 5.32 Å². The van der Waals surface area contributed by atoms with E-state index in [-0.39, 0.29) is 12.4 Å². The molecule has 0 saturated carbocycles. The molecule has 0 spiro atoms. The summed E-state index contributed by atoms with van der Waals surface area (Å²) < 4.78 is 1.22. The Morgan fingerprint density at radius 1 is 1.25 bits per heavy atom. The van der Waals surface area contributed by atoms with Gasteiger partial charge >= 0.3 is 0 Å². The Kier molecular flexibility index (Phi) is 3.16. The molecule has 1 heterocycles. The fourth-order valence-electron chi connectivity index (χ4n) is 1.44. The largest absolute Gasteiger partial charge is 0.309 e. The van der Waals surface area contributed by atoms with Gasteiger partial charge in [-0.2, -0.15) is 0 Å². The summed E-state index contributed by atoms with van der Waals surface area (Å²) in [6, 6.07) is 4.46. The van der Waals surface area contributed by atoms with Gasteiger partial charge in [0.2, 0.25) is 0 Å². The maximum Gasteiger partial charge on any atom is 0.0212 e. The molecule has 0 fully saturated rings. The topological polar surface area (TPSA) is 12.0 Å². The van der Waals surface area contributed by atoms with E-state index in [4.69, 9.17) is 0 Å². The molecule has 1 aliphatic heterocycles. The van der Waals surface area contributed by atoms with Gasteiger partial charge < -0.3 is 5.32 Å². The second-order valence-corrected chi connectivity index (χ2v) is 3.83. The van der Waals surface area contributed by atoms with Crippen molar-refractivity contribution in [2.75, 3.05) is 0 Å². The van der Waals surface area contributed by atoms with E-state index in [2.05, 4.69) is 40.3 Å². The van der Waals surface area contributed by atoms with Crippen molar-refractivity contribution >= 4 is 28.3 Å². The van der Waals surface area contributed by atoms with Gasteiger partial charge in [-0.05, 0) is 29.7 Å². The Bertz CT molecular complexity index is 270. The molecule has 1 N–H and O–H groups in total. The Hall–Kier alpha value is -0.0500. The molecule has 1 nitrogen and oxygen atoms in total. The van der Waals surface area contributed by atoms with Gasteiger partial charge in [0.05, 0.1) is 0 Å². The highest BCUT2D eigenvalue weighted by molar-refractivity contribution is 9.10. The highest BCUT2D eigenvalue weighted by Crippen LogP contribution is 2.24. The van der Waals surface area contributed by atoms with Crippen LogP contribution in [0.25, 0.3) is 0 Å². The average molecular weight is 249 g/mol. The van der Waals surface area contributed by atoms with E-state index in [1.54, 1.807) is 0 Å². The van der Waals surface area contributed by atoms with Crippen molar-refractivity contribution in [3.05, 3.63) is 33.3 Å². The van der Waals surface area contributed by atoms with E-state index < -0.39 is 0 Å². The van der Waals surface area contributed by atoms with Gasteiger partial charge in [0.15, 0.2) is 0 Å². The summed E-state index contributed by atoms with van der Waals surface area (Å²) in [5.41, 5.74) is 4.21. The number of halogens is 2. The highest BCUT2D eigenvalue weighted by atomic mass is 79.9. The molecule has 0 atom stereocenters. The average Bonchev–Trinajstić information content (AvgIpc) is 2.36. The molecule has 66 valence electrons. The Morgan fingerprint density at radius 2 is 1.83 bits per heavy atom. The first kappa shape index (κ1) is 10.0. The number of hydrogen-bond donors (Lipinski definition) is 1. The standard InChI is InChI=1S/C9H10BrN.ClH/c1-6-2-7-4-11-5-8(7)3-9(6)10;/h2-3,11H,4-5H2,1H3;1H. The predicted molar refractivity (Wildman–Crippen MR) is 56.7 cm³/mol. The molecule has 3 heteroatoms. The second-order valence-electron chi connectivity index (χ2n) is 2.97. The van der Waals surface area contributed by atoms with Gasteiger partial charge in [-0.3, -0.25) is 0 Å². The lowest BCUT2D eigenvalue weighted by Crippen LogP contribution is -1.99. The number of nitrogens with one attached hydrogen (secondary N) is 1. The quantitative estimate of drug-likeness (QED) is 0.744. The molecule has 2 rings (SSSR count). The van der Waals surface area contributed by atoms with Crippen molar-refractivity contribution in [3.8, 4) is 0 Å². The monoisotopic (exact) mass is 247 g/mol. The van der Waals surface area contributed by atoms with E-state index in [1.165, 1.54) is 21.2 Å². The lowest BCUT2D eigenvalue weighted by molar-refractivity contribution is 0.764. The zero-order chi connectivity index (χ0) is 7.84. The zero-order valence-corrected chi connectivity index (χ0v) is 9.26. The highest BCUT2D eigenvalue weighted by Gasteiger charge is 2.10. The van der Waals surface area contributed by atoms with Crippen LogP contribution in [0.5, 0.6) is 0 Å². The Morgan fingerprint density at radius 3 is 2.50 bits per heavy atom. The van der Waals surface area contributed by atoms with Crippen LogP contribution in [-0.2, 0) is 13.1 Å². The number of benzene rings is 1. The predicted octanol–water partition coefficient (Wildman–Crippen LogP) is 2.78. The molecule has 0 aromatic heterocycles. The molecule has 0 aliphatic carbocycles. The molecular formula is C9H11BrClN. The summed E-state index contributed by atoms with van der Waals surface area (Å²) in [6.45, 7) is 4.18. The summed E-state index contributed by atoms with van der Waals surface area (Å²) in [5, 5.41) is 3.32. The van der Waals surface area contributed by atoms with Crippen LogP contribution in [0.15, 0.2) is 16.6 Å². The SMILES string of the molecule is Cc1cc2c(cc1Br)CNC2.Cl. The maximum atomic E-state index is 3.52. The van der Waals surface area contributed by atoms with E-state index >= 15 is 0 Å². The normalized spacial score (nSPS) is 13.8. The van der Waals surface area contributed by atoms with Crippen molar-refractivity contribution in [2.24, 2.45) is 0 Å². The Balaban J connectivity index is 0.000000720. The van der Waals surface area contributed by atoms with E-state index in [0.717, 1.165) is 13.1 Å². The van der Waals surface area contributed by atoms with Crippen molar-refractivity contribution in [1.82, 2.24) is 5.32 Å². The van der Waals surface area contributed by atoms with E-state index in [0.29, 0.717) is 0 Å². The molecule has 1 aromatic carbocycles. The summed E-state index contributed by atoms with van der Waals surface area (Å²) >= 11 is 3.52. The third-order valence-electron chi connectivity index (χ3n) is 2.11. The minimum atomic E-state index is 0. The Labute approximate surface area is 87.1 Å². The lowest BCUT2D eigenvalue weighted by Gasteiger charge is -2.01. The number of rotatable bonds is 0.